The van der Waals surface area contributed by atoms with Crippen molar-refractivity contribution in [1.29, 1.82) is 0 Å². The molecular weight excluding hydrogens is 320 g/mol. The van der Waals surface area contributed by atoms with Crippen molar-refractivity contribution in [2.24, 2.45) is 0 Å². The highest BCUT2D eigenvalue weighted by molar-refractivity contribution is 7.14. The Morgan fingerprint density at radius 2 is 2.04 bits per heavy atom. The molecule has 0 spiro atoms. The van der Waals surface area contributed by atoms with Gasteiger partial charge in [0.25, 0.3) is 5.91 Å². The molecule has 1 N–H and O–H groups in total. The van der Waals surface area contributed by atoms with E-state index in [0.717, 1.165) is 10.9 Å². The number of thiophene rings is 1. The maximum atomic E-state index is 13.2. The lowest BCUT2D eigenvalue weighted by molar-refractivity contribution is 0.0940. The third-order valence-electron chi connectivity index (χ3n) is 3.47. The van der Waals surface area contributed by atoms with Crippen molar-refractivity contribution in [3.63, 3.8) is 0 Å². The Hall–Kier alpha value is -1.95. The van der Waals surface area contributed by atoms with Crippen LogP contribution in [0.1, 0.15) is 33.5 Å². The van der Waals surface area contributed by atoms with E-state index in [0.29, 0.717) is 29.0 Å². The zero-order chi connectivity index (χ0) is 17.0. The first-order chi connectivity index (χ1) is 10.9. The van der Waals surface area contributed by atoms with Crippen LogP contribution < -0.4 is 10.1 Å². The van der Waals surface area contributed by atoms with Gasteiger partial charge in [-0.25, -0.2) is 8.78 Å². The van der Waals surface area contributed by atoms with E-state index in [1.807, 2.05) is 19.9 Å². The number of hydrogen-bond acceptors (Lipinski definition) is 3. The number of aryl methyl sites for hydroxylation is 2. The summed E-state index contributed by atoms with van der Waals surface area (Å²) in [5.74, 6) is -1.32. The van der Waals surface area contributed by atoms with Crippen molar-refractivity contribution in [2.45, 2.75) is 32.7 Å². The zero-order valence-corrected chi connectivity index (χ0v) is 14.1. The number of carbonyl (C=O) groups excluding carboxylic acids is 1. The third-order valence-corrected chi connectivity index (χ3v) is 4.51. The Morgan fingerprint density at radius 3 is 2.70 bits per heavy atom. The molecule has 23 heavy (non-hydrogen) atoms. The summed E-state index contributed by atoms with van der Waals surface area (Å²) < 4.78 is 31.2. The Kier molecular flexibility index (Phi) is 5.71. The van der Waals surface area contributed by atoms with Gasteiger partial charge in [0, 0.05) is 10.9 Å². The molecule has 124 valence electrons. The van der Waals surface area contributed by atoms with Gasteiger partial charge in [-0.1, -0.05) is 6.07 Å². The fraction of sp³-hybridized carbons (Fsp3) is 0.353. The topological polar surface area (TPSA) is 38.3 Å². The minimum absolute atomic E-state index is 0.0947. The average molecular weight is 339 g/mol. The molecule has 1 atom stereocenters. The van der Waals surface area contributed by atoms with Crippen LogP contribution in [0.5, 0.6) is 5.75 Å². The fourth-order valence-corrected chi connectivity index (χ4v) is 3.12. The largest absolute Gasteiger partial charge is 0.495 e. The number of nitrogens with one attached hydrogen (secondary N) is 1. The summed E-state index contributed by atoms with van der Waals surface area (Å²) in [5, 5.41) is 2.90. The highest BCUT2D eigenvalue weighted by Gasteiger charge is 2.17. The molecule has 0 radical (unpaired) electrons. The number of halogens is 2. The molecule has 1 amide bonds. The van der Waals surface area contributed by atoms with Crippen LogP contribution in [-0.2, 0) is 6.42 Å². The molecular formula is C17H19F2NO2S. The summed E-state index contributed by atoms with van der Waals surface area (Å²) in [6.45, 7) is 3.79. The van der Waals surface area contributed by atoms with Gasteiger partial charge in [0.05, 0.1) is 7.11 Å². The number of benzene rings is 1. The van der Waals surface area contributed by atoms with E-state index in [2.05, 4.69) is 5.32 Å². The minimum Gasteiger partial charge on any atom is -0.495 e. The van der Waals surface area contributed by atoms with Crippen LogP contribution in [0.15, 0.2) is 24.3 Å². The van der Waals surface area contributed by atoms with E-state index >= 15 is 0 Å². The van der Waals surface area contributed by atoms with Gasteiger partial charge in [-0.15, -0.1) is 11.3 Å². The summed E-state index contributed by atoms with van der Waals surface area (Å²) in [4.78, 5) is 13.8. The van der Waals surface area contributed by atoms with E-state index in [1.165, 1.54) is 24.5 Å². The molecule has 2 rings (SSSR count). The van der Waals surface area contributed by atoms with Gasteiger partial charge in [-0.05, 0) is 50.5 Å². The summed E-state index contributed by atoms with van der Waals surface area (Å²) >= 11 is 1.38. The number of carbonyl (C=O) groups is 1. The molecule has 0 saturated carbocycles. The first-order valence-electron chi connectivity index (χ1n) is 7.30. The van der Waals surface area contributed by atoms with Crippen molar-refractivity contribution in [1.82, 2.24) is 5.32 Å². The van der Waals surface area contributed by atoms with Crippen LogP contribution in [0.2, 0.25) is 0 Å². The second kappa shape index (κ2) is 7.55. The van der Waals surface area contributed by atoms with E-state index in [4.69, 9.17) is 4.74 Å². The van der Waals surface area contributed by atoms with E-state index in [-0.39, 0.29) is 11.9 Å². The van der Waals surface area contributed by atoms with Crippen molar-refractivity contribution in [3.8, 4) is 5.75 Å². The number of amides is 1. The van der Waals surface area contributed by atoms with Gasteiger partial charge in [0.1, 0.15) is 10.6 Å². The van der Waals surface area contributed by atoms with Gasteiger partial charge in [0.15, 0.2) is 11.6 Å². The molecule has 1 aromatic heterocycles. The van der Waals surface area contributed by atoms with Crippen LogP contribution in [0.4, 0.5) is 8.78 Å². The molecule has 0 bridgehead atoms. The number of hydrogen-bond donors (Lipinski definition) is 1. The molecule has 2 aromatic rings. The summed E-state index contributed by atoms with van der Waals surface area (Å²) in [7, 11) is 1.53. The monoisotopic (exact) mass is 339 g/mol. The summed E-state index contributed by atoms with van der Waals surface area (Å²) in [6.07, 6.45) is 1.18. The van der Waals surface area contributed by atoms with Gasteiger partial charge < -0.3 is 10.1 Å². The van der Waals surface area contributed by atoms with Crippen LogP contribution in [-0.4, -0.2) is 19.1 Å². The van der Waals surface area contributed by atoms with Gasteiger partial charge in [-0.2, -0.15) is 0 Å². The summed E-state index contributed by atoms with van der Waals surface area (Å²) in [5.41, 5.74) is 0.703. The van der Waals surface area contributed by atoms with E-state index < -0.39 is 11.6 Å². The third kappa shape index (κ3) is 4.51. The molecule has 0 aliphatic carbocycles. The molecule has 0 aliphatic rings. The minimum atomic E-state index is -0.852. The van der Waals surface area contributed by atoms with Gasteiger partial charge >= 0.3 is 0 Å². The summed E-state index contributed by atoms with van der Waals surface area (Å²) in [6, 6.07) is 5.59. The van der Waals surface area contributed by atoms with Crippen LogP contribution in [0.25, 0.3) is 0 Å². The van der Waals surface area contributed by atoms with Crippen LogP contribution >= 0.6 is 11.3 Å². The van der Waals surface area contributed by atoms with Crippen molar-refractivity contribution >= 4 is 17.2 Å². The zero-order valence-electron chi connectivity index (χ0n) is 13.3. The Bertz CT molecular complexity index is 700. The number of ether oxygens (including phenoxy) is 1. The Morgan fingerprint density at radius 1 is 1.30 bits per heavy atom. The van der Waals surface area contributed by atoms with E-state index in [1.54, 1.807) is 6.07 Å². The second-order valence-corrected chi connectivity index (χ2v) is 6.67. The van der Waals surface area contributed by atoms with E-state index in [9.17, 15) is 13.6 Å². The molecule has 0 fully saturated rings. The van der Waals surface area contributed by atoms with Gasteiger partial charge in [-0.3, -0.25) is 4.79 Å². The molecule has 1 unspecified atom stereocenters. The highest BCUT2D eigenvalue weighted by atomic mass is 32.1. The molecule has 0 aliphatic heterocycles. The highest BCUT2D eigenvalue weighted by Crippen LogP contribution is 2.28. The Labute approximate surface area is 138 Å². The van der Waals surface area contributed by atoms with Crippen LogP contribution in [0.3, 0.4) is 0 Å². The predicted molar refractivity (Wildman–Crippen MR) is 87.2 cm³/mol. The Balaban J connectivity index is 1.92. The number of methoxy groups -OCH3 is 1. The lowest BCUT2D eigenvalue weighted by Gasteiger charge is -2.14. The SMILES string of the molecule is COc1cc(C)sc1C(=O)NC(C)CCc1ccc(F)c(F)c1. The average Bonchev–Trinajstić information content (AvgIpc) is 2.89. The fourth-order valence-electron chi connectivity index (χ4n) is 2.24. The standard InChI is InChI=1S/C17H19F2NO2S/c1-10(4-5-12-6-7-13(18)14(19)9-12)20-17(21)16-15(22-3)8-11(2)23-16/h6-10H,4-5H2,1-3H3,(H,20,21). The molecule has 6 heteroatoms. The van der Waals surface area contributed by atoms with Gasteiger partial charge in [0.2, 0.25) is 0 Å². The van der Waals surface area contributed by atoms with Crippen molar-refractivity contribution < 1.29 is 18.3 Å². The molecule has 0 saturated heterocycles. The maximum Gasteiger partial charge on any atom is 0.265 e. The number of rotatable bonds is 6. The predicted octanol–water partition coefficient (Wildman–Crippen LogP) is 4.09. The normalized spacial score (nSPS) is 12.0. The van der Waals surface area contributed by atoms with Crippen molar-refractivity contribution in [3.05, 3.63) is 51.2 Å². The quantitative estimate of drug-likeness (QED) is 0.861. The lowest BCUT2D eigenvalue weighted by Crippen LogP contribution is -2.32. The first-order valence-corrected chi connectivity index (χ1v) is 8.11. The molecule has 3 nitrogen and oxygen atoms in total. The van der Waals surface area contributed by atoms with Crippen LogP contribution in [0, 0.1) is 18.6 Å². The maximum absolute atomic E-state index is 13.2. The molecule has 1 heterocycles. The smallest absolute Gasteiger partial charge is 0.265 e. The lowest BCUT2D eigenvalue weighted by atomic mass is 10.1. The first kappa shape index (κ1) is 17.4. The second-order valence-electron chi connectivity index (χ2n) is 5.42. The van der Waals surface area contributed by atoms with Crippen molar-refractivity contribution in [2.75, 3.05) is 7.11 Å². The molecule has 1 aromatic carbocycles.